The lowest BCUT2D eigenvalue weighted by molar-refractivity contribution is -0.121. The molecule has 4 rings (SSSR count). The predicted molar refractivity (Wildman–Crippen MR) is 110 cm³/mol. The molecule has 2 N–H and O–H groups in total. The fourth-order valence-electron chi connectivity index (χ4n) is 3.55. The van der Waals surface area contributed by atoms with Gasteiger partial charge in [-0.05, 0) is 55.7 Å². The molecule has 8 heteroatoms. The number of nitrogens with zero attached hydrogens (tertiary/aromatic N) is 3. The summed E-state index contributed by atoms with van der Waals surface area (Å²) in [5.74, 6) is -1.13. The van der Waals surface area contributed by atoms with Gasteiger partial charge in [0.1, 0.15) is 11.5 Å². The molecule has 2 aromatic heterocycles. The van der Waals surface area contributed by atoms with Gasteiger partial charge in [0, 0.05) is 36.7 Å². The van der Waals surface area contributed by atoms with Gasteiger partial charge in [-0.2, -0.15) is 5.10 Å². The van der Waals surface area contributed by atoms with Crippen LogP contribution in [0.5, 0.6) is 0 Å². The van der Waals surface area contributed by atoms with Crippen molar-refractivity contribution in [2.45, 2.75) is 19.8 Å². The molecular formula is C22H22FN5O2. The van der Waals surface area contributed by atoms with E-state index in [0.29, 0.717) is 42.1 Å². The van der Waals surface area contributed by atoms with Crippen molar-refractivity contribution >= 4 is 17.5 Å². The van der Waals surface area contributed by atoms with Gasteiger partial charge in [0.2, 0.25) is 5.91 Å². The van der Waals surface area contributed by atoms with Gasteiger partial charge in [0.05, 0.1) is 11.6 Å². The summed E-state index contributed by atoms with van der Waals surface area (Å²) in [6.07, 6.45) is 4.75. The van der Waals surface area contributed by atoms with Gasteiger partial charge < -0.3 is 10.2 Å². The van der Waals surface area contributed by atoms with Crippen LogP contribution < -0.4 is 5.32 Å². The molecule has 0 spiro atoms. The number of carbonyl (C=O) groups excluding carboxylic acids is 2. The van der Waals surface area contributed by atoms with Crippen molar-refractivity contribution in [1.29, 1.82) is 0 Å². The Bertz CT molecular complexity index is 1070. The maximum absolute atomic E-state index is 13.7. The van der Waals surface area contributed by atoms with Gasteiger partial charge in [-0.1, -0.05) is 6.07 Å². The minimum atomic E-state index is -0.364. The summed E-state index contributed by atoms with van der Waals surface area (Å²) in [4.78, 5) is 31.3. The molecule has 2 amide bonds. The molecule has 0 bridgehead atoms. The predicted octanol–water partition coefficient (Wildman–Crippen LogP) is 3.41. The van der Waals surface area contributed by atoms with Gasteiger partial charge in [-0.3, -0.25) is 19.7 Å². The molecule has 1 aromatic carbocycles. The molecule has 0 unspecified atom stereocenters. The molecule has 1 saturated heterocycles. The first-order valence-electron chi connectivity index (χ1n) is 9.83. The van der Waals surface area contributed by atoms with Crippen molar-refractivity contribution in [3.63, 3.8) is 0 Å². The summed E-state index contributed by atoms with van der Waals surface area (Å²) in [5.41, 5.74) is 2.76. The number of carbonyl (C=O) groups is 2. The molecule has 0 aliphatic carbocycles. The fraction of sp³-hybridized carbons (Fsp3) is 0.273. The van der Waals surface area contributed by atoms with Crippen LogP contribution in [0.3, 0.4) is 0 Å². The fourth-order valence-corrected chi connectivity index (χ4v) is 3.55. The van der Waals surface area contributed by atoms with E-state index in [0.717, 1.165) is 12.0 Å². The van der Waals surface area contributed by atoms with Crippen molar-refractivity contribution in [2.75, 3.05) is 18.4 Å². The molecule has 7 nitrogen and oxygen atoms in total. The third kappa shape index (κ3) is 4.22. The SMILES string of the molecule is Cc1ccc(NC(=O)[C@H]2CCCN(C(=O)c3cc(-c4cccnc4)n[nH]3)C2)cc1F. The van der Waals surface area contributed by atoms with Crippen LogP contribution in [0.2, 0.25) is 0 Å². The first kappa shape index (κ1) is 19.8. The molecule has 1 fully saturated rings. The van der Waals surface area contributed by atoms with E-state index in [1.54, 1.807) is 48.5 Å². The summed E-state index contributed by atoms with van der Waals surface area (Å²) in [6.45, 7) is 2.55. The monoisotopic (exact) mass is 407 g/mol. The van der Waals surface area contributed by atoms with E-state index in [-0.39, 0.29) is 23.5 Å². The number of piperidine rings is 1. The van der Waals surface area contributed by atoms with Crippen LogP contribution >= 0.6 is 0 Å². The van der Waals surface area contributed by atoms with E-state index < -0.39 is 0 Å². The van der Waals surface area contributed by atoms with E-state index in [4.69, 9.17) is 0 Å². The van der Waals surface area contributed by atoms with Gasteiger partial charge in [-0.15, -0.1) is 0 Å². The average Bonchev–Trinajstić information content (AvgIpc) is 3.27. The lowest BCUT2D eigenvalue weighted by Gasteiger charge is -2.31. The topological polar surface area (TPSA) is 91.0 Å². The van der Waals surface area contributed by atoms with E-state index in [1.165, 1.54) is 6.07 Å². The van der Waals surface area contributed by atoms with Crippen LogP contribution in [0.15, 0.2) is 48.8 Å². The summed E-state index contributed by atoms with van der Waals surface area (Å²) in [5, 5.41) is 9.75. The smallest absolute Gasteiger partial charge is 0.271 e. The van der Waals surface area contributed by atoms with Gasteiger partial charge in [0.15, 0.2) is 0 Å². The third-order valence-electron chi connectivity index (χ3n) is 5.28. The Morgan fingerprint density at radius 2 is 2.13 bits per heavy atom. The summed E-state index contributed by atoms with van der Waals surface area (Å²) < 4.78 is 13.7. The highest BCUT2D eigenvalue weighted by molar-refractivity contribution is 5.95. The summed E-state index contributed by atoms with van der Waals surface area (Å²) in [7, 11) is 0. The van der Waals surface area contributed by atoms with Crippen LogP contribution in [0.4, 0.5) is 10.1 Å². The Hall–Kier alpha value is -3.55. The van der Waals surface area contributed by atoms with E-state index in [2.05, 4.69) is 20.5 Å². The highest BCUT2D eigenvalue weighted by Gasteiger charge is 2.30. The zero-order valence-corrected chi connectivity index (χ0v) is 16.6. The van der Waals surface area contributed by atoms with Crippen molar-refractivity contribution in [3.8, 4) is 11.3 Å². The van der Waals surface area contributed by atoms with Crippen molar-refractivity contribution in [1.82, 2.24) is 20.1 Å². The molecule has 154 valence electrons. The van der Waals surface area contributed by atoms with Gasteiger partial charge in [-0.25, -0.2) is 4.39 Å². The molecule has 3 heterocycles. The third-order valence-corrected chi connectivity index (χ3v) is 5.28. The number of halogens is 1. The maximum Gasteiger partial charge on any atom is 0.271 e. The van der Waals surface area contributed by atoms with Gasteiger partial charge in [0.25, 0.3) is 5.91 Å². The highest BCUT2D eigenvalue weighted by Crippen LogP contribution is 2.22. The largest absolute Gasteiger partial charge is 0.337 e. The van der Waals surface area contributed by atoms with Crippen molar-refractivity contribution in [3.05, 3.63) is 65.9 Å². The van der Waals surface area contributed by atoms with Crippen LogP contribution in [-0.4, -0.2) is 45.0 Å². The molecule has 1 aliphatic rings. The average molecular weight is 407 g/mol. The number of hydrogen-bond donors (Lipinski definition) is 2. The zero-order valence-electron chi connectivity index (χ0n) is 16.6. The zero-order chi connectivity index (χ0) is 21.1. The lowest BCUT2D eigenvalue weighted by Crippen LogP contribution is -2.43. The molecule has 0 radical (unpaired) electrons. The molecule has 1 atom stereocenters. The Labute approximate surface area is 173 Å². The Morgan fingerprint density at radius 1 is 1.27 bits per heavy atom. The highest BCUT2D eigenvalue weighted by atomic mass is 19.1. The lowest BCUT2D eigenvalue weighted by atomic mass is 9.96. The second-order valence-electron chi connectivity index (χ2n) is 7.45. The molecular weight excluding hydrogens is 385 g/mol. The van der Waals surface area contributed by atoms with Crippen LogP contribution in [0.25, 0.3) is 11.3 Å². The van der Waals surface area contributed by atoms with Gasteiger partial charge >= 0.3 is 0 Å². The summed E-state index contributed by atoms with van der Waals surface area (Å²) in [6, 6.07) is 9.97. The number of likely N-dealkylation sites (tertiary alicyclic amines) is 1. The number of amides is 2. The number of hydrogen-bond acceptors (Lipinski definition) is 4. The second kappa shape index (κ2) is 8.44. The van der Waals surface area contributed by atoms with Crippen LogP contribution in [0.1, 0.15) is 28.9 Å². The number of anilines is 1. The maximum atomic E-state index is 13.7. The van der Waals surface area contributed by atoms with E-state index in [9.17, 15) is 14.0 Å². The van der Waals surface area contributed by atoms with Crippen LogP contribution in [-0.2, 0) is 4.79 Å². The number of rotatable bonds is 4. The van der Waals surface area contributed by atoms with Crippen molar-refractivity contribution < 1.29 is 14.0 Å². The standard InChI is InChI=1S/C22H22FN5O2/c1-14-6-7-17(10-18(14)23)25-21(29)16-5-3-9-28(13-16)22(30)20-11-19(26-27-20)15-4-2-8-24-12-15/h2,4,6-8,10-12,16H,3,5,9,13H2,1H3,(H,25,29)(H,26,27)/t16-/m0/s1. The number of benzene rings is 1. The number of H-pyrrole nitrogens is 1. The second-order valence-corrected chi connectivity index (χ2v) is 7.45. The Balaban J connectivity index is 1.42. The molecule has 3 aromatic rings. The van der Waals surface area contributed by atoms with Crippen LogP contribution in [0, 0.1) is 18.7 Å². The van der Waals surface area contributed by atoms with E-state index in [1.807, 2.05) is 6.07 Å². The minimum Gasteiger partial charge on any atom is -0.337 e. The Morgan fingerprint density at radius 3 is 2.90 bits per heavy atom. The first-order valence-corrected chi connectivity index (χ1v) is 9.83. The van der Waals surface area contributed by atoms with E-state index >= 15 is 0 Å². The van der Waals surface area contributed by atoms with Crippen molar-refractivity contribution in [2.24, 2.45) is 5.92 Å². The number of pyridine rings is 1. The number of nitrogens with one attached hydrogen (secondary N) is 2. The molecule has 30 heavy (non-hydrogen) atoms. The summed E-state index contributed by atoms with van der Waals surface area (Å²) >= 11 is 0. The normalized spacial score (nSPS) is 16.3. The quantitative estimate of drug-likeness (QED) is 0.693. The molecule has 1 aliphatic heterocycles. The minimum absolute atomic E-state index is 0.198. The number of aryl methyl sites for hydroxylation is 1. The molecule has 0 saturated carbocycles. The number of aromatic nitrogens is 3. The number of aromatic amines is 1. The first-order chi connectivity index (χ1) is 14.5. The Kier molecular flexibility index (Phi) is 5.56.